The Bertz CT molecular complexity index is 520. The molecule has 1 heterocycles. The maximum Gasteiger partial charge on any atom is 0.322 e. The molecule has 0 spiro atoms. The average molecular weight is 306 g/mol. The second-order valence-corrected chi connectivity index (χ2v) is 7.44. The summed E-state index contributed by atoms with van der Waals surface area (Å²) in [5.74, 6) is 0.874. The van der Waals surface area contributed by atoms with Gasteiger partial charge in [0.1, 0.15) is 9.84 Å². The number of aromatic nitrogens is 3. The minimum atomic E-state index is -2.98. The number of rotatable bonds is 7. The van der Waals surface area contributed by atoms with Gasteiger partial charge in [-0.2, -0.15) is 15.0 Å². The number of ether oxygens (including phenoxy) is 1. The second-order valence-electron chi connectivity index (χ2n) is 4.12. The zero-order chi connectivity index (χ0) is 14.5. The van der Waals surface area contributed by atoms with Crippen molar-refractivity contribution in [1.29, 1.82) is 0 Å². The monoisotopic (exact) mass is 306 g/mol. The molecule has 7 nitrogen and oxygen atoms in total. The van der Waals surface area contributed by atoms with Crippen LogP contribution in [-0.4, -0.2) is 54.3 Å². The summed E-state index contributed by atoms with van der Waals surface area (Å²) in [6.45, 7) is 3.75. The maximum atomic E-state index is 11.1. The number of nitrogens with one attached hydrogen (secondary N) is 1. The molecule has 19 heavy (non-hydrogen) atoms. The average Bonchev–Trinajstić information content (AvgIpc) is 2.26. The molecule has 9 heteroatoms. The Morgan fingerprint density at radius 2 is 2.00 bits per heavy atom. The third-order valence-corrected chi connectivity index (χ3v) is 3.90. The van der Waals surface area contributed by atoms with Gasteiger partial charge >= 0.3 is 6.01 Å². The van der Waals surface area contributed by atoms with Crippen molar-refractivity contribution in [2.45, 2.75) is 25.1 Å². The lowest BCUT2D eigenvalue weighted by Gasteiger charge is -2.09. The molecule has 0 bridgehead atoms. The molecule has 0 saturated carbocycles. The fourth-order valence-corrected chi connectivity index (χ4v) is 3.08. The van der Waals surface area contributed by atoms with Crippen LogP contribution in [0.2, 0.25) is 0 Å². The van der Waals surface area contributed by atoms with Gasteiger partial charge in [0, 0.05) is 19.1 Å². The van der Waals surface area contributed by atoms with Crippen LogP contribution in [0.5, 0.6) is 6.01 Å². The lowest BCUT2D eigenvalue weighted by molar-refractivity contribution is 0.219. The predicted octanol–water partition coefficient (Wildman–Crippen LogP) is 0.837. The third kappa shape index (κ3) is 6.58. The van der Waals surface area contributed by atoms with Crippen molar-refractivity contribution in [2.24, 2.45) is 0 Å². The highest BCUT2D eigenvalue weighted by atomic mass is 32.2. The van der Waals surface area contributed by atoms with Crippen molar-refractivity contribution in [3.8, 4) is 6.01 Å². The summed E-state index contributed by atoms with van der Waals surface area (Å²) in [5.41, 5.74) is 0. The number of hydrogen-bond acceptors (Lipinski definition) is 8. The summed E-state index contributed by atoms with van der Waals surface area (Å²) in [7, 11) is -1.28. The normalized spacial score (nSPS) is 11.6. The highest BCUT2D eigenvalue weighted by Crippen LogP contribution is 2.18. The van der Waals surface area contributed by atoms with Gasteiger partial charge in [-0.1, -0.05) is 11.8 Å². The molecule has 0 saturated heterocycles. The first-order valence-electron chi connectivity index (χ1n) is 5.71. The first kappa shape index (κ1) is 16.0. The number of sulfone groups is 1. The standard InChI is InChI=1S/C10H18N4O3S2/c1-7(2)17-9-12-8(11-3)13-10(14-9)18-5-6-19(4,15)16/h7H,5-6H2,1-4H3,(H,11,12,13,14). The number of anilines is 1. The van der Waals surface area contributed by atoms with E-state index in [0.29, 0.717) is 16.9 Å². The van der Waals surface area contributed by atoms with Crippen LogP contribution in [0.1, 0.15) is 13.8 Å². The maximum absolute atomic E-state index is 11.1. The highest BCUT2D eigenvalue weighted by Gasteiger charge is 2.10. The van der Waals surface area contributed by atoms with E-state index < -0.39 is 9.84 Å². The van der Waals surface area contributed by atoms with Crippen LogP contribution in [0.15, 0.2) is 5.16 Å². The summed E-state index contributed by atoms with van der Waals surface area (Å²) in [6, 6.07) is 0.233. The summed E-state index contributed by atoms with van der Waals surface area (Å²) >= 11 is 1.26. The van der Waals surface area contributed by atoms with E-state index in [1.807, 2.05) is 13.8 Å². The van der Waals surface area contributed by atoms with Crippen LogP contribution >= 0.6 is 11.8 Å². The van der Waals surface area contributed by atoms with Crippen LogP contribution in [0.3, 0.4) is 0 Å². The Morgan fingerprint density at radius 1 is 1.32 bits per heavy atom. The lowest BCUT2D eigenvalue weighted by Crippen LogP contribution is -2.11. The van der Waals surface area contributed by atoms with Gasteiger partial charge in [0.15, 0.2) is 5.16 Å². The molecule has 0 atom stereocenters. The molecule has 1 N–H and O–H groups in total. The Balaban J connectivity index is 2.76. The number of hydrogen-bond donors (Lipinski definition) is 1. The van der Waals surface area contributed by atoms with Crippen LogP contribution in [0, 0.1) is 0 Å². The van der Waals surface area contributed by atoms with Gasteiger partial charge in [0.25, 0.3) is 0 Å². The minimum absolute atomic E-state index is 0.0408. The molecule has 0 radical (unpaired) electrons. The number of nitrogens with zero attached hydrogens (tertiary/aromatic N) is 3. The Hall–Kier alpha value is -1.09. The van der Waals surface area contributed by atoms with E-state index in [1.54, 1.807) is 7.05 Å². The summed E-state index contributed by atoms with van der Waals surface area (Å²) in [6.07, 6.45) is 1.16. The molecule has 0 amide bonds. The molecular weight excluding hydrogens is 288 g/mol. The highest BCUT2D eigenvalue weighted by molar-refractivity contribution is 8.00. The van der Waals surface area contributed by atoms with Crippen molar-refractivity contribution in [3.63, 3.8) is 0 Å². The Morgan fingerprint density at radius 3 is 2.53 bits per heavy atom. The molecule has 0 aliphatic rings. The van der Waals surface area contributed by atoms with Crippen LogP contribution in [0.25, 0.3) is 0 Å². The van der Waals surface area contributed by atoms with E-state index in [0.717, 1.165) is 0 Å². The summed E-state index contributed by atoms with van der Waals surface area (Å²) in [5, 5.41) is 3.26. The van der Waals surface area contributed by atoms with Crippen molar-refractivity contribution in [3.05, 3.63) is 0 Å². The van der Waals surface area contributed by atoms with Crippen LogP contribution in [-0.2, 0) is 9.84 Å². The topological polar surface area (TPSA) is 94.1 Å². The largest absolute Gasteiger partial charge is 0.461 e. The van der Waals surface area contributed by atoms with Gasteiger partial charge in [-0.25, -0.2) is 8.42 Å². The van der Waals surface area contributed by atoms with Gasteiger partial charge in [-0.15, -0.1) is 0 Å². The van der Waals surface area contributed by atoms with Crippen molar-refractivity contribution >= 4 is 27.5 Å². The Kier molecular flexibility index (Phi) is 5.80. The fraction of sp³-hybridized carbons (Fsp3) is 0.700. The molecule has 0 unspecified atom stereocenters. The first-order valence-corrected chi connectivity index (χ1v) is 8.76. The second kappa shape index (κ2) is 6.90. The molecule has 1 aromatic heterocycles. The van der Waals surface area contributed by atoms with E-state index in [-0.39, 0.29) is 17.9 Å². The van der Waals surface area contributed by atoms with Gasteiger partial charge in [0.05, 0.1) is 11.9 Å². The van der Waals surface area contributed by atoms with E-state index in [1.165, 1.54) is 18.0 Å². The van der Waals surface area contributed by atoms with Crippen molar-refractivity contribution < 1.29 is 13.2 Å². The smallest absolute Gasteiger partial charge is 0.322 e. The third-order valence-electron chi connectivity index (χ3n) is 1.84. The van der Waals surface area contributed by atoms with Gasteiger partial charge in [-0.05, 0) is 13.8 Å². The van der Waals surface area contributed by atoms with Crippen molar-refractivity contribution in [2.75, 3.05) is 30.1 Å². The van der Waals surface area contributed by atoms with E-state index in [9.17, 15) is 8.42 Å². The zero-order valence-corrected chi connectivity index (χ0v) is 13.0. The van der Waals surface area contributed by atoms with Gasteiger partial charge < -0.3 is 10.1 Å². The first-order chi connectivity index (χ1) is 8.80. The van der Waals surface area contributed by atoms with Crippen LogP contribution in [0.4, 0.5) is 5.95 Å². The molecule has 0 aliphatic heterocycles. The quantitative estimate of drug-likeness (QED) is 0.741. The minimum Gasteiger partial charge on any atom is -0.461 e. The summed E-state index contributed by atoms with van der Waals surface area (Å²) in [4.78, 5) is 12.3. The van der Waals surface area contributed by atoms with Gasteiger partial charge in [-0.3, -0.25) is 0 Å². The predicted molar refractivity (Wildman–Crippen MR) is 75.6 cm³/mol. The van der Waals surface area contributed by atoms with E-state index in [2.05, 4.69) is 20.3 Å². The Labute approximate surface area is 117 Å². The summed E-state index contributed by atoms with van der Waals surface area (Å²) < 4.78 is 27.5. The van der Waals surface area contributed by atoms with E-state index in [4.69, 9.17) is 4.74 Å². The molecule has 0 aromatic carbocycles. The zero-order valence-electron chi connectivity index (χ0n) is 11.4. The van der Waals surface area contributed by atoms with Gasteiger partial charge in [0.2, 0.25) is 5.95 Å². The molecule has 1 aromatic rings. The lowest BCUT2D eigenvalue weighted by atomic mass is 10.5. The fourth-order valence-electron chi connectivity index (χ4n) is 1.06. The SMILES string of the molecule is CNc1nc(OC(C)C)nc(SCCS(C)(=O)=O)n1. The molecular formula is C10H18N4O3S2. The molecule has 108 valence electrons. The van der Waals surface area contributed by atoms with Crippen LogP contribution < -0.4 is 10.1 Å². The molecule has 0 fully saturated rings. The number of thioether (sulfide) groups is 1. The molecule has 0 aliphatic carbocycles. The van der Waals surface area contributed by atoms with Crippen molar-refractivity contribution in [1.82, 2.24) is 15.0 Å². The molecule has 1 rings (SSSR count). The van der Waals surface area contributed by atoms with E-state index >= 15 is 0 Å².